The van der Waals surface area contributed by atoms with Crippen LogP contribution in [0, 0.1) is 5.82 Å². The molecule has 0 fully saturated rings. The van der Waals surface area contributed by atoms with Crippen LogP contribution < -0.4 is 20.1 Å². The number of carboxylic acid groups (broad SMARTS) is 1. The van der Waals surface area contributed by atoms with Gasteiger partial charge in [0.05, 0.1) is 21.8 Å². The zero-order chi connectivity index (χ0) is 20.8. The SMILES string of the molecule is O=C1Nc2c[s+](C(=O)[O-])c3nccc(c23)N1c1ccccc1Oc1ccccc1F. The highest BCUT2D eigenvalue weighted by Crippen LogP contribution is 2.48. The van der Waals surface area contributed by atoms with Gasteiger partial charge in [0.1, 0.15) is 11.1 Å². The Labute approximate surface area is 171 Å². The minimum absolute atomic E-state index is 0.0152. The fourth-order valence-corrected chi connectivity index (χ4v) is 4.77. The molecule has 0 saturated heterocycles. The maximum atomic E-state index is 14.1. The van der Waals surface area contributed by atoms with Crippen molar-refractivity contribution in [1.29, 1.82) is 0 Å². The lowest BCUT2D eigenvalue weighted by molar-refractivity contribution is -0.233. The summed E-state index contributed by atoms with van der Waals surface area (Å²) in [6, 6.07) is 13.8. The van der Waals surface area contributed by atoms with E-state index in [1.165, 1.54) is 28.6 Å². The maximum Gasteiger partial charge on any atom is 0.331 e. The van der Waals surface area contributed by atoms with E-state index >= 15 is 0 Å². The standard InChI is InChI=1S/C21H12FN3O4S/c22-12-5-1-3-7-16(12)29-17-8-4-2-6-14(17)25-15-9-10-23-19-18(15)13(24-20(25)26)11-30(19)21(27)28/h1-11H,(H-,24,26,27,28). The van der Waals surface area contributed by atoms with Crippen LogP contribution in [0.4, 0.5) is 31.0 Å². The van der Waals surface area contributed by atoms with Crippen LogP contribution >= 0.6 is 10.5 Å². The highest BCUT2D eigenvalue weighted by molar-refractivity contribution is 7.54. The van der Waals surface area contributed by atoms with Gasteiger partial charge in [0.25, 0.3) is 4.83 Å². The average Bonchev–Trinajstić information content (AvgIpc) is 3.11. The molecule has 148 valence electrons. The number of nitrogens with one attached hydrogen (secondary N) is 1. The molecule has 1 aliphatic heterocycles. The summed E-state index contributed by atoms with van der Waals surface area (Å²) in [5, 5.41) is 14.9. The molecule has 30 heavy (non-hydrogen) atoms. The molecule has 2 aromatic heterocycles. The van der Waals surface area contributed by atoms with Gasteiger partial charge in [0.2, 0.25) is 0 Å². The van der Waals surface area contributed by atoms with Gasteiger partial charge < -0.3 is 20.0 Å². The summed E-state index contributed by atoms with van der Waals surface area (Å²) in [4.78, 5) is 30.3. The largest absolute Gasteiger partial charge is 0.500 e. The molecule has 1 N–H and O–H groups in total. The number of para-hydroxylation sites is 3. The Balaban J connectivity index is 1.68. The topological polar surface area (TPSA) is 94.6 Å². The van der Waals surface area contributed by atoms with Crippen LogP contribution in [0.1, 0.15) is 0 Å². The van der Waals surface area contributed by atoms with Crippen molar-refractivity contribution in [3.63, 3.8) is 0 Å². The first-order valence-electron chi connectivity index (χ1n) is 8.82. The average molecular weight is 421 g/mol. The Bertz CT molecular complexity index is 1340. The summed E-state index contributed by atoms with van der Waals surface area (Å²) in [6.07, 6.45) is 1.44. The van der Waals surface area contributed by atoms with Crippen molar-refractivity contribution in [3.8, 4) is 11.5 Å². The van der Waals surface area contributed by atoms with Crippen molar-refractivity contribution >= 4 is 49.1 Å². The number of halogens is 1. The van der Waals surface area contributed by atoms with E-state index in [2.05, 4.69) is 10.3 Å². The van der Waals surface area contributed by atoms with Crippen molar-refractivity contribution in [3.05, 3.63) is 72.0 Å². The Hall–Kier alpha value is -3.98. The summed E-state index contributed by atoms with van der Waals surface area (Å²) in [7, 11) is -1.37. The van der Waals surface area contributed by atoms with E-state index in [1.807, 2.05) is 0 Å². The van der Waals surface area contributed by atoms with Gasteiger partial charge in [-0.25, -0.2) is 14.2 Å². The van der Waals surface area contributed by atoms with Crippen molar-refractivity contribution in [2.45, 2.75) is 0 Å². The van der Waals surface area contributed by atoms with Crippen LogP contribution in [0.2, 0.25) is 0 Å². The molecular weight excluding hydrogens is 409 g/mol. The fourth-order valence-electron chi connectivity index (χ4n) is 3.38. The lowest BCUT2D eigenvalue weighted by Crippen LogP contribution is -2.33. The Morgan fingerprint density at radius 2 is 1.80 bits per heavy atom. The van der Waals surface area contributed by atoms with Crippen molar-refractivity contribution < 1.29 is 23.8 Å². The molecule has 4 aromatic rings. The minimum atomic E-state index is -1.37. The second kappa shape index (κ2) is 6.82. The minimum Gasteiger partial charge on any atom is -0.500 e. The van der Waals surface area contributed by atoms with E-state index < -0.39 is 27.6 Å². The van der Waals surface area contributed by atoms with Crippen LogP contribution in [-0.4, -0.2) is 16.3 Å². The molecule has 0 bridgehead atoms. The molecule has 9 heteroatoms. The second-order valence-electron chi connectivity index (χ2n) is 6.40. The summed E-state index contributed by atoms with van der Waals surface area (Å²) < 4.78 is 19.9. The number of anilines is 3. The van der Waals surface area contributed by atoms with E-state index in [-0.39, 0.29) is 11.5 Å². The number of carbonyl (C=O) groups is 2. The lowest BCUT2D eigenvalue weighted by atomic mass is 10.1. The maximum absolute atomic E-state index is 14.1. The highest BCUT2D eigenvalue weighted by atomic mass is 32.2. The second-order valence-corrected chi connectivity index (χ2v) is 8.03. The van der Waals surface area contributed by atoms with Crippen LogP contribution in [-0.2, 0) is 0 Å². The van der Waals surface area contributed by atoms with Gasteiger partial charge in [-0.05, 0) is 30.3 Å². The molecule has 7 nitrogen and oxygen atoms in total. The van der Waals surface area contributed by atoms with Crippen LogP contribution in [0.15, 0.2) is 66.2 Å². The zero-order valence-corrected chi connectivity index (χ0v) is 16.0. The summed E-state index contributed by atoms with van der Waals surface area (Å²) in [6.45, 7) is 0. The quantitative estimate of drug-likeness (QED) is 0.478. The summed E-state index contributed by atoms with van der Waals surface area (Å²) >= 11 is 0. The number of hydrogen-bond acceptors (Lipinski definition) is 5. The molecule has 0 radical (unpaired) electrons. The number of hydrogen-bond donors (Lipinski definition) is 1. The number of urea groups is 1. The van der Waals surface area contributed by atoms with E-state index in [4.69, 9.17) is 4.74 Å². The fraction of sp³-hybridized carbons (Fsp3) is 0. The van der Waals surface area contributed by atoms with E-state index in [1.54, 1.807) is 42.5 Å². The molecule has 0 spiro atoms. The molecule has 0 aliphatic carbocycles. The van der Waals surface area contributed by atoms with Gasteiger partial charge in [-0.1, -0.05) is 24.3 Å². The number of rotatable bonds is 4. The third-order valence-electron chi connectivity index (χ3n) is 4.64. The summed E-state index contributed by atoms with van der Waals surface area (Å²) in [5.74, 6) is -0.266. The number of pyridine rings is 1. The number of benzene rings is 2. The highest BCUT2D eigenvalue weighted by Gasteiger charge is 2.35. The van der Waals surface area contributed by atoms with Crippen LogP contribution in [0.25, 0.3) is 10.2 Å². The third kappa shape index (κ3) is 2.75. The van der Waals surface area contributed by atoms with Crippen molar-refractivity contribution in [1.82, 2.24) is 4.98 Å². The first-order valence-corrected chi connectivity index (χ1v) is 10.1. The molecule has 5 rings (SSSR count). The van der Waals surface area contributed by atoms with Gasteiger partial charge in [-0.15, -0.1) is 0 Å². The van der Waals surface area contributed by atoms with E-state index in [9.17, 15) is 19.1 Å². The van der Waals surface area contributed by atoms with Crippen molar-refractivity contribution in [2.75, 3.05) is 10.2 Å². The normalized spacial score (nSPS) is 13.3. The van der Waals surface area contributed by atoms with Crippen molar-refractivity contribution in [2.24, 2.45) is 0 Å². The number of amides is 2. The molecule has 2 amide bonds. The van der Waals surface area contributed by atoms with Gasteiger partial charge in [-0.3, -0.25) is 4.90 Å². The smallest absolute Gasteiger partial charge is 0.331 e. The van der Waals surface area contributed by atoms with E-state index in [0.29, 0.717) is 27.3 Å². The number of nitrogens with zero attached hydrogens (tertiary/aromatic N) is 2. The van der Waals surface area contributed by atoms with Gasteiger partial charge in [0, 0.05) is 6.20 Å². The third-order valence-corrected chi connectivity index (χ3v) is 6.19. The number of aromatic nitrogens is 1. The first-order chi connectivity index (χ1) is 14.5. The van der Waals surface area contributed by atoms with Crippen LogP contribution in [0.3, 0.4) is 0 Å². The van der Waals surface area contributed by atoms with Gasteiger partial charge >= 0.3 is 11.3 Å². The lowest BCUT2D eigenvalue weighted by Gasteiger charge is -2.28. The molecule has 1 unspecified atom stereocenters. The molecule has 1 atom stereocenters. The predicted molar refractivity (Wildman–Crippen MR) is 109 cm³/mol. The zero-order valence-electron chi connectivity index (χ0n) is 15.2. The molecular formula is C21H12FN3O4S. The first kappa shape index (κ1) is 18.1. The Kier molecular flexibility index (Phi) is 4.11. The van der Waals surface area contributed by atoms with E-state index in [0.717, 1.165) is 0 Å². The number of carbonyl (C=O) groups excluding carboxylic acids is 2. The molecule has 3 heterocycles. The van der Waals surface area contributed by atoms with Gasteiger partial charge in [-0.2, -0.15) is 0 Å². The van der Waals surface area contributed by atoms with Gasteiger partial charge in [0.15, 0.2) is 22.7 Å². The monoisotopic (exact) mass is 421 g/mol. The predicted octanol–water partition coefficient (Wildman–Crippen LogP) is 4.79. The Morgan fingerprint density at radius 3 is 2.57 bits per heavy atom. The van der Waals surface area contributed by atoms with Crippen LogP contribution in [0.5, 0.6) is 11.5 Å². The number of ether oxygens (including phenoxy) is 1. The number of thiophene rings is 1. The molecule has 2 aromatic carbocycles. The Morgan fingerprint density at radius 1 is 1.07 bits per heavy atom. The molecule has 0 saturated carbocycles. The molecule has 1 aliphatic rings. The summed E-state index contributed by atoms with van der Waals surface area (Å²) in [5.41, 5.74) is 1.20.